The average molecular weight is 313 g/mol. The fourth-order valence-electron chi connectivity index (χ4n) is 3.54. The molecule has 1 aromatic heterocycles. The van der Waals surface area contributed by atoms with Crippen molar-refractivity contribution in [3.63, 3.8) is 0 Å². The number of hydrogen-bond acceptors (Lipinski definition) is 2. The van der Waals surface area contributed by atoms with Crippen molar-refractivity contribution in [3.8, 4) is 0 Å². The molecule has 1 saturated carbocycles. The summed E-state index contributed by atoms with van der Waals surface area (Å²) >= 11 is 0. The fourth-order valence-corrected chi connectivity index (χ4v) is 3.54. The molecule has 0 radical (unpaired) electrons. The lowest BCUT2D eigenvalue weighted by molar-refractivity contribution is -0.121. The predicted octanol–water partition coefficient (Wildman–Crippen LogP) is 4.00. The molecule has 0 spiro atoms. The molecule has 0 atom stereocenters. The van der Waals surface area contributed by atoms with Crippen LogP contribution in [0.15, 0.2) is 24.3 Å². The Bertz CT molecular complexity index is 656. The molecule has 1 aliphatic carbocycles. The number of aromatic nitrogens is 2. The Balaban J connectivity index is 1.85. The molecule has 4 heteroatoms. The molecule has 1 aromatic carbocycles. The van der Waals surface area contributed by atoms with Crippen molar-refractivity contribution >= 4 is 16.9 Å². The highest BCUT2D eigenvalue weighted by Crippen LogP contribution is 2.33. The summed E-state index contributed by atoms with van der Waals surface area (Å²) < 4.78 is 2.15. The summed E-state index contributed by atoms with van der Waals surface area (Å²) in [5, 5.41) is 3.03. The Kier molecular flexibility index (Phi) is 5.31. The molecule has 0 bridgehead atoms. The normalized spacial score (nSPS) is 15.9. The Morgan fingerprint density at radius 3 is 2.83 bits per heavy atom. The minimum atomic E-state index is 0.0960. The second kappa shape index (κ2) is 7.62. The summed E-state index contributed by atoms with van der Waals surface area (Å²) in [5.74, 6) is 1.70. The van der Waals surface area contributed by atoms with Crippen LogP contribution in [0.25, 0.3) is 11.0 Å². The molecular weight excluding hydrogens is 286 g/mol. The van der Waals surface area contributed by atoms with E-state index in [9.17, 15) is 4.79 Å². The van der Waals surface area contributed by atoms with Crippen molar-refractivity contribution in [2.45, 2.75) is 64.3 Å². The molecule has 0 unspecified atom stereocenters. The fraction of sp³-hybridized carbons (Fsp3) is 0.579. The summed E-state index contributed by atoms with van der Waals surface area (Å²) in [6, 6.07) is 8.17. The first kappa shape index (κ1) is 16.0. The van der Waals surface area contributed by atoms with Gasteiger partial charge < -0.3 is 9.88 Å². The number of nitrogens with one attached hydrogen (secondary N) is 1. The van der Waals surface area contributed by atoms with Crippen LogP contribution < -0.4 is 5.32 Å². The van der Waals surface area contributed by atoms with Crippen molar-refractivity contribution in [1.29, 1.82) is 0 Å². The van der Waals surface area contributed by atoms with Crippen LogP contribution in [0.1, 0.15) is 63.6 Å². The molecule has 0 saturated heterocycles. The van der Waals surface area contributed by atoms with Crippen LogP contribution in [0.5, 0.6) is 0 Å². The van der Waals surface area contributed by atoms with E-state index in [-0.39, 0.29) is 5.91 Å². The van der Waals surface area contributed by atoms with E-state index in [0.717, 1.165) is 36.2 Å². The Hall–Kier alpha value is -1.84. The second-order valence-corrected chi connectivity index (χ2v) is 6.58. The van der Waals surface area contributed by atoms with Gasteiger partial charge in [0.05, 0.1) is 11.0 Å². The molecule has 1 N–H and O–H groups in total. The topological polar surface area (TPSA) is 46.9 Å². The van der Waals surface area contributed by atoms with Gasteiger partial charge in [-0.05, 0) is 31.4 Å². The smallest absolute Gasteiger partial charge is 0.240 e. The van der Waals surface area contributed by atoms with E-state index < -0.39 is 0 Å². The number of fused-ring (bicyclic) bond motifs is 1. The van der Waals surface area contributed by atoms with Crippen LogP contribution in [0, 0.1) is 0 Å². The van der Waals surface area contributed by atoms with Crippen LogP contribution in [0.3, 0.4) is 0 Å². The van der Waals surface area contributed by atoms with Crippen LogP contribution in [-0.2, 0) is 11.3 Å². The quantitative estimate of drug-likeness (QED) is 0.819. The third kappa shape index (κ3) is 3.74. The molecule has 0 aliphatic heterocycles. The number of hydrogen-bond donors (Lipinski definition) is 1. The van der Waals surface area contributed by atoms with Gasteiger partial charge in [0.25, 0.3) is 0 Å². The first-order chi connectivity index (χ1) is 11.3. The number of unbranched alkanes of at least 4 members (excludes halogenated alkanes) is 1. The first-order valence-electron chi connectivity index (χ1n) is 9.01. The average Bonchev–Trinajstić information content (AvgIpc) is 2.95. The summed E-state index contributed by atoms with van der Waals surface area (Å²) in [7, 11) is 0. The van der Waals surface area contributed by atoms with Crippen LogP contribution in [0.2, 0.25) is 0 Å². The predicted molar refractivity (Wildman–Crippen MR) is 93.5 cm³/mol. The third-order valence-electron chi connectivity index (χ3n) is 4.81. The number of nitrogens with zero attached hydrogens (tertiary/aromatic N) is 2. The van der Waals surface area contributed by atoms with Gasteiger partial charge in [-0.1, -0.05) is 44.7 Å². The third-order valence-corrected chi connectivity index (χ3v) is 4.81. The molecule has 1 fully saturated rings. The number of benzene rings is 1. The maximum absolute atomic E-state index is 12.3. The van der Waals surface area contributed by atoms with Gasteiger partial charge in [0.2, 0.25) is 5.91 Å². The zero-order valence-electron chi connectivity index (χ0n) is 14.1. The van der Waals surface area contributed by atoms with Gasteiger partial charge in [-0.25, -0.2) is 4.98 Å². The van der Waals surface area contributed by atoms with Crippen molar-refractivity contribution in [1.82, 2.24) is 14.9 Å². The van der Waals surface area contributed by atoms with Gasteiger partial charge >= 0.3 is 0 Å². The Morgan fingerprint density at radius 1 is 1.26 bits per heavy atom. The molecule has 3 rings (SSSR count). The SMILES string of the molecule is CCCCNC(=O)Cn1c(C2CCCCC2)nc2ccccc21. The van der Waals surface area contributed by atoms with Gasteiger partial charge in [0, 0.05) is 12.5 Å². The van der Waals surface area contributed by atoms with Crippen LogP contribution in [-0.4, -0.2) is 22.0 Å². The molecule has 23 heavy (non-hydrogen) atoms. The summed E-state index contributed by atoms with van der Waals surface area (Å²) in [4.78, 5) is 17.2. The number of carbonyl (C=O) groups is 1. The largest absolute Gasteiger partial charge is 0.355 e. The van der Waals surface area contributed by atoms with Crippen molar-refractivity contribution < 1.29 is 4.79 Å². The van der Waals surface area contributed by atoms with Crippen molar-refractivity contribution in [3.05, 3.63) is 30.1 Å². The molecule has 2 aromatic rings. The van der Waals surface area contributed by atoms with E-state index in [4.69, 9.17) is 4.98 Å². The van der Waals surface area contributed by atoms with Crippen molar-refractivity contribution in [2.75, 3.05) is 6.54 Å². The first-order valence-corrected chi connectivity index (χ1v) is 9.01. The summed E-state index contributed by atoms with van der Waals surface area (Å²) in [6.07, 6.45) is 8.40. The highest BCUT2D eigenvalue weighted by Gasteiger charge is 2.23. The molecule has 124 valence electrons. The molecule has 1 aliphatic rings. The van der Waals surface area contributed by atoms with E-state index in [1.54, 1.807) is 0 Å². The number of imidazole rings is 1. The second-order valence-electron chi connectivity index (χ2n) is 6.58. The lowest BCUT2D eigenvalue weighted by Crippen LogP contribution is -2.29. The minimum absolute atomic E-state index is 0.0960. The van der Waals surface area contributed by atoms with Crippen LogP contribution in [0.4, 0.5) is 0 Å². The zero-order chi connectivity index (χ0) is 16.1. The number of carbonyl (C=O) groups excluding carboxylic acids is 1. The van der Waals surface area contributed by atoms with E-state index in [1.807, 2.05) is 18.2 Å². The lowest BCUT2D eigenvalue weighted by Gasteiger charge is -2.22. The summed E-state index contributed by atoms with van der Waals surface area (Å²) in [6.45, 7) is 3.29. The monoisotopic (exact) mass is 313 g/mol. The van der Waals surface area contributed by atoms with Gasteiger partial charge in [-0.3, -0.25) is 4.79 Å². The highest BCUT2D eigenvalue weighted by atomic mass is 16.1. The standard InChI is InChI=1S/C19H27N3O/c1-2-3-13-20-18(23)14-22-17-12-8-7-11-16(17)21-19(22)15-9-5-4-6-10-15/h7-8,11-12,15H,2-6,9-10,13-14H2,1H3,(H,20,23). The Labute approximate surface area is 138 Å². The molecule has 1 amide bonds. The lowest BCUT2D eigenvalue weighted by atomic mass is 9.88. The zero-order valence-corrected chi connectivity index (χ0v) is 14.1. The van der Waals surface area contributed by atoms with E-state index >= 15 is 0 Å². The van der Waals surface area contributed by atoms with E-state index in [1.165, 1.54) is 32.1 Å². The minimum Gasteiger partial charge on any atom is -0.355 e. The summed E-state index contributed by atoms with van der Waals surface area (Å²) in [5.41, 5.74) is 2.09. The van der Waals surface area contributed by atoms with E-state index in [0.29, 0.717) is 12.5 Å². The number of para-hydroxylation sites is 2. The number of rotatable bonds is 6. The Morgan fingerprint density at radius 2 is 2.04 bits per heavy atom. The molecule has 1 heterocycles. The highest BCUT2D eigenvalue weighted by molar-refractivity contribution is 5.81. The van der Waals surface area contributed by atoms with Gasteiger partial charge in [0.15, 0.2) is 0 Å². The van der Waals surface area contributed by atoms with Crippen molar-refractivity contribution in [2.24, 2.45) is 0 Å². The van der Waals surface area contributed by atoms with Gasteiger partial charge in [-0.15, -0.1) is 0 Å². The van der Waals surface area contributed by atoms with Gasteiger partial charge in [0.1, 0.15) is 12.4 Å². The van der Waals surface area contributed by atoms with Gasteiger partial charge in [-0.2, -0.15) is 0 Å². The molecule has 4 nitrogen and oxygen atoms in total. The maximum atomic E-state index is 12.3. The molecular formula is C19H27N3O. The number of amides is 1. The van der Waals surface area contributed by atoms with Crippen LogP contribution >= 0.6 is 0 Å². The van der Waals surface area contributed by atoms with E-state index in [2.05, 4.69) is 22.9 Å². The maximum Gasteiger partial charge on any atom is 0.240 e.